The number of thiazole rings is 1. The second-order valence-electron chi connectivity index (χ2n) is 5.85. The first-order valence-electron chi connectivity index (χ1n) is 8.49. The Hall–Kier alpha value is -3.38. The first kappa shape index (κ1) is 21.3. The molecule has 0 spiro atoms. The van der Waals surface area contributed by atoms with Gasteiger partial charge >= 0.3 is 0 Å². The van der Waals surface area contributed by atoms with Crippen LogP contribution in [0.5, 0.6) is 11.6 Å². The van der Waals surface area contributed by atoms with E-state index in [9.17, 15) is 19.5 Å². The molecule has 2 aromatic heterocycles. The molecule has 0 aliphatic rings. The molecule has 3 aromatic rings. The van der Waals surface area contributed by atoms with E-state index >= 15 is 0 Å². The highest BCUT2D eigenvalue weighted by Crippen LogP contribution is 2.27. The molecular weight excluding hydrogens is 430 g/mol. The average molecular weight is 447 g/mol. The van der Waals surface area contributed by atoms with E-state index in [-0.39, 0.29) is 22.5 Å². The second kappa shape index (κ2) is 9.41. The Kier molecular flexibility index (Phi) is 6.69. The lowest BCUT2D eigenvalue weighted by molar-refractivity contribution is -0.114. The van der Waals surface area contributed by atoms with Crippen LogP contribution in [0.25, 0.3) is 11.3 Å². The van der Waals surface area contributed by atoms with Crippen molar-refractivity contribution in [2.24, 2.45) is 0 Å². The SMILES string of the molecule is COc1ccc(-c2csc(NC(=O)CSc3nc(O)c(NC(C)=O)c(=O)[nH]3)n2)cc1. The molecular formula is C18H17N5O5S2. The summed E-state index contributed by atoms with van der Waals surface area (Å²) in [5, 5.41) is 16.9. The number of carbonyl (C=O) groups is 2. The molecule has 0 aliphatic heterocycles. The van der Waals surface area contributed by atoms with Crippen LogP contribution < -0.4 is 20.9 Å². The molecule has 0 fully saturated rings. The summed E-state index contributed by atoms with van der Waals surface area (Å²) >= 11 is 2.20. The Morgan fingerprint density at radius 1 is 1.23 bits per heavy atom. The number of hydrogen-bond acceptors (Lipinski definition) is 9. The van der Waals surface area contributed by atoms with E-state index in [0.29, 0.717) is 5.13 Å². The molecule has 2 amide bonds. The smallest absolute Gasteiger partial charge is 0.279 e. The zero-order valence-corrected chi connectivity index (χ0v) is 17.5. The fourth-order valence-corrected chi connectivity index (χ4v) is 3.70. The van der Waals surface area contributed by atoms with Crippen LogP contribution in [0.2, 0.25) is 0 Å². The number of nitrogens with zero attached hydrogens (tertiary/aromatic N) is 2. The third-order valence-electron chi connectivity index (χ3n) is 3.66. The van der Waals surface area contributed by atoms with Gasteiger partial charge in [-0.05, 0) is 24.3 Å². The molecule has 10 nitrogen and oxygen atoms in total. The third kappa shape index (κ3) is 5.36. The minimum Gasteiger partial charge on any atom is -0.497 e. The average Bonchev–Trinajstić information content (AvgIpc) is 3.17. The summed E-state index contributed by atoms with van der Waals surface area (Å²) in [7, 11) is 1.59. The van der Waals surface area contributed by atoms with Crippen LogP contribution in [0.15, 0.2) is 39.6 Å². The molecule has 0 atom stereocenters. The van der Waals surface area contributed by atoms with Gasteiger partial charge < -0.3 is 20.5 Å². The maximum atomic E-state index is 12.2. The Morgan fingerprint density at radius 3 is 2.60 bits per heavy atom. The largest absolute Gasteiger partial charge is 0.497 e. The second-order valence-corrected chi connectivity index (χ2v) is 7.68. The van der Waals surface area contributed by atoms with Gasteiger partial charge in [-0.1, -0.05) is 11.8 Å². The predicted octanol–water partition coefficient (Wildman–Crippen LogP) is 2.30. The van der Waals surface area contributed by atoms with Crippen LogP contribution in [-0.2, 0) is 9.59 Å². The Morgan fingerprint density at radius 2 is 1.97 bits per heavy atom. The number of rotatable bonds is 7. The molecule has 12 heteroatoms. The van der Waals surface area contributed by atoms with Gasteiger partial charge in [0.05, 0.1) is 18.6 Å². The summed E-state index contributed by atoms with van der Waals surface area (Å²) in [5.41, 5.74) is 0.545. The molecule has 30 heavy (non-hydrogen) atoms. The van der Waals surface area contributed by atoms with E-state index < -0.39 is 17.3 Å². The highest BCUT2D eigenvalue weighted by Gasteiger charge is 2.14. The monoisotopic (exact) mass is 447 g/mol. The van der Waals surface area contributed by atoms with E-state index in [2.05, 4.69) is 25.6 Å². The number of thioether (sulfide) groups is 1. The molecule has 0 saturated heterocycles. The molecule has 0 unspecified atom stereocenters. The number of amides is 2. The van der Waals surface area contributed by atoms with E-state index in [1.165, 1.54) is 18.3 Å². The third-order valence-corrected chi connectivity index (χ3v) is 5.29. The minimum absolute atomic E-state index is 0.0415. The Balaban J connectivity index is 1.59. The first-order chi connectivity index (χ1) is 14.4. The van der Waals surface area contributed by atoms with Gasteiger partial charge in [-0.2, -0.15) is 4.98 Å². The number of anilines is 2. The fourth-order valence-electron chi connectivity index (χ4n) is 2.31. The number of aromatic nitrogens is 3. The lowest BCUT2D eigenvalue weighted by Gasteiger charge is -2.06. The van der Waals surface area contributed by atoms with Crippen molar-refractivity contribution < 1.29 is 19.4 Å². The normalized spacial score (nSPS) is 10.5. The van der Waals surface area contributed by atoms with Crippen molar-refractivity contribution in [3.63, 3.8) is 0 Å². The molecule has 4 N–H and O–H groups in total. The number of benzene rings is 1. The number of aromatic hydroxyl groups is 1. The quantitative estimate of drug-likeness (QED) is 0.319. The number of hydrogen-bond donors (Lipinski definition) is 4. The van der Waals surface area contributed by atoms with E-state index in [0.717, 1.165) is 28.8 Å². The van der Waals surface area contributed by atoms with Crippen molar-refractivity contribution in [2.75, 3.05) is 23.5 Å². The van der Waals surface area contributed by atoms with Crippen molar-refractivity contribution in [2.45, 2.75) is 12.1 Å². The van der Waals surface area contributed by atoms with Crippen molar-refractivity contribution in [1.29, 1.82) is 0 Å². The van der Waals surface area contributed by atoms with Gasteiger partial charge in [0.2, 0.25) is 17.7 Å². The van der Waals surface area contributed by atoms with Crippen LogP contribution >= 0.6 is 23.1 Å². The van der Waals surface area contributed by atoms with Crippen molar-refractivity contribution >= 4 is 45.7 Å². The zero-order valence-electron chi connectivity index (χ0n) is 15.9. The first-order valence-corrected chi connectivity index (χ1v) is 10.4. The van der Waals surface area contributed by atoms with Crippen molar-refractivity contribution in [3.8, 4) is 22.9 Å². The summed E-state index contributed by atoms with van der Waals surface area (Å²) in [6.45, 7) is 1.20. The maximum Gasteiger partial charge on any atom is 0.279 e. The Labute approximate surface area is 178 Å². The van der Waals surface area contributed by atoms with E-state index in [1.807, 2.05) is 29.6 Å². The van der Waals surface area contributed by atoms with Crippen LogP contribution in [0.4, 0.5) is 10.8 Å². The van der Waals surface area contributed by atoms with Crippen molar-refractivity contribution in [3.05, 3.63) is 40.0 Å². The topological polar surface area (TPSA) is 146 Å². The minimum atomic E-state index is -0.718. The lowest BCUT2D eigenvalue weighted by Crippen LogP contribution is -2.19. The number of aromatic amines is 1. The summed E-state index contributed by atoms with van der Waals surface area (Å²) in [6.07, 6.45) is 0. The summed E-state index contributed by atoms with van der Waals surface area (Å²) in [5.74, 6) is -0.832. The molecule has 2 heterocycles. The van der Waals surface area contributed by atoms with Crippen LogP contribution in [-0.4, -0.2) is 44.7 Å². The van der Waals surface area contributed by atoms with Crippen LogP contribution in [0.3, 0.4) is 0 Å². The van der Waals surface area contributed by atoms with Crippen LogP contribution in [0, 0.1) is 0 Å². The highest BCUT2D eigenvalue weighted by molar-refractivity contribution is 7.99. The highest BCUT2D eigenvalue weighted by atomic mass is 32.2. The van der Waals surface area contributed by atoms with Crippen molar-refractivity contribution in [1.82, 2.24) is 15.0 Å². The number of nitrogens with one attached hydrogen (secondary N) is 3. The van der Waals surface area contributed by atoms with Gasteiger partial charge in [0.1, 0.15) is 5.75 Å². The molecule has 1 aromatic carbocycles. The maximum absolute atomic E-state index is 12.2. The van der Waals surface area contributed by atoms with E-state index in [4.69, 9.17) is 4.74 Å². The summed E-state index contributed by atoms with van der Waals surface area (Å²) in [6, 6.07) is 7.39. The van der Waals surface area contributed by atoms with Gasteiger partial charge in [0, 0.05) is 17.9 Å². The fraction of sp³-hybridized carbons (Fsp3) is 0.167. The molecule has 3 rings (SSSR count). The standard InChI is InChI=1S/C18H17N5O5S2/c1-9(24)19-14-15(26)22-18(23-16(14)27)30-8-13(25)21-17-20-12(7-29-17)10-3-5-11(28-2)6-4-10/h3-7H,8H2,1-2H3,(H,19,24)(H,20,21,25)(H2,22,23,26,27). The van der Waals surface area contributed by atoms with Gasteiger partial charge in [-0.15, -0.1) is 11.3 Å². The van der Waals surface area contributed by atoms with Crippen LogP contribution in [0.1, 0.15) is 6.92 Å². The predicted molar refractivity (Wildman–Crippen MR) is 114 cm³/mol. The summed E-state index contributed by atoms with van der Waals surface area (Å²) < 4.78 is 5.13. The molecule has 156 valence electrons. The number of ether oxygens (including phenoxy) is 1. The van der Waals surface area contributed by atoms with Gasteiger partial charge in [-0.25, -0.2) is 4.98 Å². The lowest BCUT2D eigenvalue weighted by atomic mass is 10.2. The van der Waals surface area contributed by atoms with Gasteiger partial charge in [-0.3, -0.25) is 19.4 Å². The molecule has 0 bridgehead atoms. The number of carbonyl (C=O) groups excluding carboxylic acids is 2. The molecule has 0 radical (unpaired) electrons. The molecule has 0 saturated carbocycles. The summed E-state index contributed by atoms with van der Waals surface area (Å²) in [4.78, 5) is 45.7. The number of methoxy groups -OCH3 is 1. The van der Waals surface area contributed by atoms with Gasteiger partial charge in [0.15, 0.2) is 16.0 Å². The van der Waals surface area contributed by atoms with E-state index in [1.54, 1.807) is 7.11 Å². The molecule has 0 aliphatic carbocycles. The van der Waals surface area contributed by atoms with Gasteiger partial charge in [0.25, 0.3) is 5.56 Å². The Bertz CT molecular complexity index is 1130. The zero-order chi connectivity index (χ0) is 21.7. The number of H-pyrrole nitrogens is 1.